The molecule has 0 aliphatic heterocycles. The molecule has 1 aliphatic carbocycles. The Bertz CT molecular complexity index is 778. The van der Waals surface area contributed by atoms with Crippen molar-refractivity contribution < 1.29 is 14.1 Å². The molecule has 0 radical (unpaired) electrons. The number of rotatable bonds is 7. The lowest BCUT2D eigenvalue weighted by atomic mass is 10.1. The monoisotopic (exact) mass is 341 g/mol. The normalized spacial score (nSPS) is 13.5. The van der Waals surface area contributed by atoms with Gasteiger partial charge in [0.2, 0.25) is 5.91 Å². The molecule has 1 saturated carbocycles. The Labute approximate surface area is 147 Å². The topological polar surface area (TPSA) is 84.2 Å². The van der Waals surface area contributed by atoms with Crippen molar-refractivity contribution in [2.75, 3.05) is 10.6 Å². The van der Waals surface area contributed by atoms with Gasteiger partial charge in [-0.3, -0.25) is 9.59 Å². The lowest BCUT2D eigenvalue weighted by Crippen LogP contribution is -2.14. The second kappa shape index (κ2) is 7.51. The Morgan fingerprint density at radius 1 is 1.28 bits per heavy atom. The van der Waals surface area contributed by atoms with Crippen LogP contribution in [0.2, 0.25) is 0 Å². The molecule has 1 aromatic carbocycles. The molecule has 0 bridgehead atoms. The van der Waals surface area contributed by atoms with Gasteiger partial charge in [0.15, 0.2) is 5.76 Å². The zero-order valence-electron chi connectivity index (χ0n) is 14.6. The van der Waals surface area contributed by atoms with Gasteiger partial charge in [-0.15, -0.1) is 0 Å². The van der Waals surface area contributed by atoms with Gasteiger partial charge >= 0.3 is 0 Å². The number of hydrogen-bond acceptors (Lipinski definition) is 4. The van der Waals surface area contributed by atoms with E-state index in [-0.39, 0.29) is 11.8 Å². The van der Waals surface area contributed by atoms with Gasteiger partial charge in [0.25, 0.3) is 5.91 Å². The SMILES string of the molecule is CCCCC(=O)Nc1ccc(NC(=O)c2cnoc2C2CC2)cc1C. The molecule has 1 aromatic heterocycles. The quantitative estimate of drug-likeness (QED) is 0.789. The summed E-state index contributed by atoms with van der Waals surface area (Å²) in [4.78, 5) is 24.3. The van der Waals surface area contributed by atoms with Crippen molar-refractivity contribution in [2.45, 2.75) is 51.9 Å². The number of carbonyl (C=O) groups excluding carboxylic acids is 2. The van der Waals surface area contributed by atoms with E-state index < -0.39 is 0 Å². The van der Waals surface area contributed by atoms with Crippen molar-refractivity contribution in [1.29, 1.82) is 0 Å². The summed E-state index contributed by atoms with van der Waals surface area (Å²) in [6.07, 6.45) is 5.94. The van der Waals surface area contributed by atoms with Gasteiger partial charge in [-0.1, -0.05) is 18.5 Å². The fourth-order valence-electron chi connectivity index (χ4n) is 2.69. The van der Waals surface area contributed by atoms with Crippen LogP contribution in [0.3, 0.4) is 0 Å². The molecule has 2 amide bonds. The van der Waals surface area contributed by atoms with Gasteiger partial charge in [0, 0.05) is 23.7 Å². The fraction of sp³-hybridized carbons (Fsp3) is 0.421. The summed E-state index contributed by atoms with van der Waals surface area (Å²) >= 11 is 0. The Hall–Kier alpha value is -2.63. The Kier molecular flexibility index (Phi) is 5.16. The third-order valence-corrected chi connectivity index (χ3v) is 4.31. The second-order valence-electron chi connectivity index (χ2n) is 6.51. The van der Waals surface area contributed by atoms with E-state index >= 15 is 0 Å². The highest BCUT2D eigenvalue weighted by atomic mass is 16.5. The van der Waals surface area contributed by atoms with Crippen molar-refractivity contribution in [1.82, 2.24) is 5.16 Å². The van der Waals surface area contributed by atoms with Crippen molar-refractivity contribution in [3.05, 3.63) is 41.3 Å². The molecular weight excluding hydrogens is 318 g/mol. The van der Waals surface area contributed by atoms with Crippen LogP contribution >= 0.6 is 0 Å². The van der Waals surface area contributed by atoms with E-state index in [9.17, 15) is 9.59 Å². The lowest BCUT2D eigenvalue weighted by Gasteiger charge is -2.11. The number of unbranched alkanes of at least 4 members (excludes halogenated alkanes) is 1. The van der Waals surface area contributed by atoms with E-state index in [1.54, 1.807) is 6.07 Å². The number of aromatic nitrogens is 1. The smallest absolute Gasteiger partial charge is 0.260 e. The van der Waals surface area contributed by atoms with E-state index in [1.165, 1.54) is 6.20 Å². The van der Waals surface area contributed by atoms with Crippen molar-refractivity contribution in [2.24, 2.45) is 0 Å². The maximum atomic E-state index is 12.4. The minimum atomic E-state index is -0.220. The molecule has 1 aliphatic rings. The lowest BCUT2D eigenvalue weighted by molar-refractivity contribution is -0.116. The number of anilines is 2. The highest BCUT2D eigenvalue weighted by Crippen LogP contribution is 2.41. The van der Waals surface area contributed by atoms with E-state index in [0.29, 0.717) is 29.3 Å². The summed E-state index contributed by atoms with van der Waals surface area (Å²) in [7, 11) is 0. The van der Waals surface area contributed by atoms with Crippen LogP contribution in [0.1, 0.15) is 66.6 Å². The summed E-state index contributed by atoms with van der Waals surface area (Å²) in [6, 6.07) is 5.44. The van der Waals surface area contributed by atoms with Gasteiger partial charge < -0.3 is 15.2 Å². The minimum Gasteiger partial charge on any atom is -0.360 e. The standard InChI is InChI=1S/C19H23N3O3/c1-3-4-5-17(23)22-16-9-8-14(10-12(16)2)21-19(24)15-11-20-25-18(15)13-6-7-13/h8-11,13H,3-7H2,1-2H3,(H,21,24)(H,22,23). The Morgan fingerprint density at radius 2 is 2.08 bits per heavy atom. The van der Waals surface area contributed by atoms with Crippen LogP contribution in [0.4, 0.5) is 11.4 Å². The number of nitrogens with one attached hydrogen (secondary N) is 2. The molecule has 132 valence electrons. The van der Waals surface area contributed by atoms with Crippen molar-refractivity contribution in [3.8, 4) is 0 Å². The van der Waals surface area contributed by atoms with Crippen molar-refractivity contribution in [3.63, 3.8) is 0 Å². The summed E-state index contributed by atoms with van der Waals surface area (Å²) < 4.78 is 5.21. The van der Waals surface area contributed by atoms with E-state index in [0.717, 1.165) is 36.9 Å². The van der Waals surface area contributed by atoms with Crippen LogP contribution in [0.5, 0.6) is 0 Å². The molecule has 0 spiro atoms. The van der Waals surface area contributed by atoms with Crippen LogP contribution in [-0.2, 0) is 4.79 Å². The molecule has 1 fully saturated rings. The molecule has 0 saturated heterocycles. The van der Waals surface area contributed by atoms with Gasteiger partial charge in [0.1, 0.15) is 5.56 Å². The molecule has 3 rings (SSSR count). The molecular formula is C19H23N3O3. The Morgan fingerprint density at radius 3 is 2.76 bits per heavy atom. The van der Waals surface area contributed by atoms with E-state index in [2.05, 4.69) is 22.7 Å². The number of amides is 2. The predicted molar refractivity (Wildman–Crippen MR) is 95.8 cm³/mol. The van der Waals surface area contributed by atoms with Crippen LogP contribution in [0, 0.1) is 6.92 Å². The second-order valence-corrected chi connectivity index (χ2v) is 6.51. The molecule has 0 atom stereocenters. The highest BCUT2D eigenvalue weighted by Gasteiger charge is 2.32. The van der Waals surface area contributed by atoms with Crippen molar-refractivity contribution >= 4 is 23.2 Å². The summed E-state index contributed by atoms with van der Waals surface area (Å²) in [6.45, 7) is 3.96. The van der Waals surface area contributed by atoms with Crippen LogP contribution in [0.15, 0.2) is 28.9 Å². The van der Waals surface area contributed by atoms with Crippen LogP contribution in [-0.4, -0.2) is 17.0 Å². The maximum absolute atomic E-state index is 12.4. The minimum absolute atomic E-state index is 0.0142. The Balaban J connectivity index is 1.65. The number of carbonyl (C=O) groups is 2. The summed E-state index contributed by atoms with van der Waals surface area (Å²) in [5.74, 6) is 0.794. The molecule has 6 nitrogen and oxygen atoms in total. The van der Waals surface area contributed by atoms with Crippen LogP contribution < -0.4 is 10.6 Å². The zero-order chi connectivity index (χ0) is 17.8. The van der Waals surface area contributed by atoms with Gasteiger partial charge in [0.05, 0.1) is 6.20 Å². The van der Waals surface area contributed by atoms with E-state index in [1.807, 2.05) is 19.1 Å². The molecule has 0 unspecified atom stereocenters. The summed E-state index contributed by atoms with van der Waals surface area (Å²) in [5, 5.41) is 9.53. The maximum Gasteiger partial charge on any atom is 0.260 e. The number of nitrogens with zero attached hydrogens (tertiary/aromatic N) is 1. The first-order valence-corrected chi connectivity index (χ1v) is 8.75. The molecule has 2 N–H and O–H groups in total. The van der Waals surface area contributed by atoms with Gasteiger partial charge in [-0.05, 0) is 49.9 Å². The molecule has 2 aromatic rings. The summed E-state index contributed by atoms with van der Waals surface area (Å²) in [5.41, 5.74) is 2.84. The number of aryl methyl sites for hydroxylation is 1. The van der Waals surface area contributed by atoms with Gasteiger partial charge in [-0.25, -0.2) is 0 Å². The fourth-order valence-corrected chi connectivity index (χ4v) is 2.69. The first-order chi connectivity index (χ1) is 12.1. The third kappa shape index (κ3) is 4.26. The molecule has 1 heterocycles. The van der Waals surface area contributed by atoms with Gasteiger partial charge in [-0.2, -0.15) is 0 Å². The number of hydrogen-bond donors (Lipinski definition) is 2. The number of benzene rings is 1. The average Bonchev–Trinajstić information content (AvgIpc) is 3.32. The third-order valence-electron chi connectivity index (χ3n) is 4.31. The molecule has 6 heteroatoms. The van der Waals surface area contributed by atoms with Crippen LogP contribution in [0.25, 0.3) is 0 Å². The zero-order valence-corrected chi connectivity index (χ0v) is 14.6. The molecule has 25 heavy (non-hydrogen) atoms. The average molecular weight is 341 g/mol. The largest absolute Gasteiger partial charge is 0.360 e. The first-order valence-electron chi connectivity index (χ1n) is 8.75. The predicted octanol–water partition coefficient (Wildman–Crippen LogP) is 4.24. The van der Waals surface area contributed by atoms with E-state index in [4.69, 9.17) is 4.52 Å². The highest BCUT2D eigenvalue weighted by molar-refractivity contribution is 6.05. The first kappa shape index (κ1) is 17.2.